The standard InChI is InChI=1S/C20H27FN4/c1-16(25-12-10-24(2)11-13-25)14-23-20(17-6-4-3-5-7-17)19-9-8-18(21)15-22-19/h3-9,15-16,20,23H,10-14H2,1-2H3/t16-,20+/m0/s1. The first-order valence-corrected chi connectivity index (χ1v) is 8.96. The van der Waals surface area contributed by atoms with Crippen molar-refractivity contribution in [3.05, 3.63) is 65.7 Å². The van der Waals surface area contributed by atoms with Gasteiger partial charge in [-0.1, -0.05) is 30.3 Å². The van der Waals surface area contributed by atoms with Crippen molar-refractivity contribution in [1.82, 2.24) is 20.1 Å². The molecule has 1 saturated heterocycles. The molecule has 0 amide bonds. The first-order chi connectivity index (χ1) is 12.1. The van der Waals surface area contributed by atoms with Crippen molar-refractivity contribution >= 4 is 0 Å². The van der Waals surface area contributed by atoms with Crippen LogP contribution in [0.1, 0.15) is 24.2 Å². The third-order valence-corrected chi connectivity index (χ3v) is 4.96. The molecular weight excluding hydrogens is 315 g/mol. The van der Waals surface area contributed by atoms with Crippen LogP contribution in [-0.4, -0.2) is 60.6 Å². The van der Waals surface area contributed by atoms with Crippen molar-refractivity contribution in [3.63, 3.8) is 0 Å². The highest BCUT2D eigenvalue weighted by Crippen LogP contribution is 2.20. The number of rotatable bonds is 6. The second-order valence-electron chi connectivity index (χ2n) is 6.84. The monoisotopic (exact) mass is 342 g/mol. The first-order valence-electron chi connectivity index (χ1n) is 8.96. The van der Waals surface area contributed by atoms with Gasteiger partial charge in [-0.25, -0.2) is 4.39 Å². The zero-order valence-electron chi connectivity index (χ0n) is 15.0. The topological polar surface area (TPSA) is 31.4 Å². The Bertz CT molecular complexity index is 639. The Balaban J connectivity index is 1.69. The molecule has 2 heterocycles. The number of benzene rings is 1. The number of nitrogens with one attached hydrogen (secondary N) is 1. The minimum absolute atomic E-state index is 0.0308. The maximum absolute atomic E-state index is 13.2. The van der Waals surface area contributed by atoms with E-state index in [1.807, 2.05) is 18.2 Å². The van der Waals surface area contributed by atoms with Crippen molar-refractivity contribution in [2.75, 3.05) is 39.8 Å². The summed E-state index contributed by atoms with van der Waals surface area (Å²) in [6.45, 7) is 7.56. The van der Waals surface area contributed by atoms with Gasteiger partial charge in [0.25, 0.3) is 0 Å². The second-order valence-corrected chi connectivity index (χ2v) is 6.84. The number of aromatic nitrogens is 1. The van der Waals surface area contributed by atoms with E-state index in [1.165, 1.54) is 12.3 Å². The van der Waals surface area contributed by atoms with Gasteiger partial charge in [0, 0.05) is 38.8 Å². The predicted molar refractivity (Wildman–Crippen MR) is 99.0 cm³/mol. The molecule has 0 radical (unpaired) electrons. The lowest BCUT2D eigenvalue weighted by Gasteiger charge is -2.37. The highest BCUT2D eigenvalue weighted by molar-refractivity contribution is 5.27. The summed E-state index contributed by atoms with van der Waals surface area (Å²) in [6, 6.07) is 13.9. The molecule has 134 valence electrons. The Hall–Kier alpha value is -1.82. The molecule has 3 rings (SSSR count). The fraction of sp³-hybridized carbons (Fsp3) is 0.450. The van der Waals surface area contributed by atoms with E-state index in [0.717, 1.165) is 44.0 Å². The maximum Gasteiger partial charge on any atom is 0.141 e. The van der Waals surface area contributed by atoms with Crippen LogP contribution in [0.5, 0.6) is 0 Å². The van der Waals surface area contributed by atoms with Crippen LogP contribution in [0.3, 0.4) is 0 Å². The Morgan fingerprint density at radius 3 is 2.44 bits per heavy atom. The molecule has 1 aromatic heterocycles. The lowest BCUT2D eigenvalue weighted by atomic mass is 10.0. The summed E-state index contributed by atoms with van der Waals surface area (Å²) in [4.78, 5) is 9.19. The van der Waals surface area contributed by atoms with E-state index in [-0.39, 0.29) is 11.9 Å². The van der Waals surface area contributed by atoms with E-state index in [4.69, 9.17) is 0 Å². The zero-order valence-corrected chi connectivity index (χ0v) is 15.0. The third kappa shape index (κ3) is 4.84. The molecule has 2 aromatic rings. The number of hydrogen-bond acceptors (Lipinski definition) is 4. The van der Waals surface area contributed by atoms with Crippen molar-refractivity contribution in [1.29, 1.82) is 0 Å². The molecule has 0 saturated carbocycles. The molecule has 1 aromatic carbocycles. The van der Waals surface area contributed by atoms with Crippen LogP contribution < -0.4 is 5.32 Å². The van der Waals surface area contributed by atoms with Crippen molar-refractivity contribution in [3.8, 4) is 0 Å². The van der Waals surface area contributed by atoms with Crippen molar-refractivity contribution in [2.45, 2.75) is 19.0 Å². The van der Waals surface area contributed by atoms with Gasteiger partial charge in [0.05, 0.1) is 17.9 Å². The Morgan fingerprint density at radius 2 is 1.80 bits per heavy atom. The van der Waals surface area contributed by atoms with Gasteiger partial charge in [-0.2, -0.15) is 0 Å². The van der Waals surface area contributed by atoms with E-state index >= 15 is 0 Å². The molecule has 4 nitrogen and oxygen atoms in total. The number of piperazine rings is 1. The van der Waals surface area contributed by atoms with Gasteiger partial charge in [-0.05, 0) is 31.7 Å². The van der Waals surface area contributed by atoms with Crippen LogP contribution in [-0.2, 0) is 0 Å². The van der Waals surface area contributed by atoms with E-state index < -0.39 is 0 Å². The average molecular weight is 342 g/mol. The molecule has 0 spiro atoms. The largest absolute Gasteiger partial charge is 0.304 e. The minimum Gasteiger partial charge on any atom is -0.304 e. The number of hydrogen-bond donors (Lipinski definition) is 1. The SMILES string of the molecule is C[C@@H](CN[C@H](c1ccccc1)c1ccc(F)cn1)N1CCN(C)CC1. The third-order valence-electron chi connectivity index (χ3n) is 4.96. The van der Waals surface area contributed by atoms with Gasteiger partial charge in [-0.3, -0.25) is 9.88 Å². The Kier molecular flexibility index (Phi) is 6.13. The molecule has 25 heavy (non-hydrogen) atoms. The lowest BCUT2D eigenvalue weighted by molar-refractivity contribution is 0.117. The fourth-order valence-corrected chi connectivity index (χ4v) is 3.28. The summed E-state index contributed by atoms with van der Waals surface area (Å²) in [5.74, 6) is -0.304. The normalized spacial score (nSPS) is 18.8. The molecule has 1 aliphatic heterocycles. The summed E-state index contributed by atoms with van der Waals surface area (Å²) in [6.07, 6.45) is 1.29. The molecule has 5 heteroatoms. The number of pyridine rings is 1. The molecule has 0 aliphatic carbocycles. The second kappa shape index (κ2) is 8.52. The highest BCUT2D eigenvalue weighted by Gasteiger charge is 2.21. The Labute approximate surface area is 149 Å². The number of nitrogens with zero attached hydrogens (tertiary/aromatic N) is 3. The van der Waals surface area contributed by atoms with Gasteiger partial charge >= 0.3 is 0 Å². The molecule has 1 N–H and O–H groups in total. The van der Waals surface area contributed by atoms with Crippen LogP contribution in [0.4, 0.5) is 4.39 Å². The van der Waals surface area contributed by atoms with Crippen LogP contribution in [0, 0.1) is 5.82 Å². The van der Waals surface area contributed by atoms with Gasteiger partial charge < -0.3 is 10.2 Å². The molecular formula is C20H27FN4. The molecule has 2 atom stereocenters. The van der Waals surface area contributed by atoms with Crippen molar-refractivity contribution < 1.29 is 4.39 Å². The van der Waals surface area contributed by atoms with Gasteiger partial charge in [-0.15, -0.1) is 0 Å². The maximum atomic E-state index is 13.2. The zero-order chi connectivity index (χ0) is 17.6. The van der Waals surface area contributed by atoms with Crippen LogP contribution in [0.2, 0.25) is 0 Å². The van der Waals surface area contributed by atoms with Crippen LogP contribution in [0.15, 0.2) is 48.7 Å². The predicted octanol–water partition coefficient (Wildman–Crippen LogP) is 2.54. The summed E-state index contributed by atoms with van der Waals surface area (Å²) in [7, 11) is 2.17. The van der Waals surface area contributed by atoms with Crippen molar-refractivity contribution in [2.24, 2.45) is 0 Å². The smallest absolute Gasteiger partial charge is 0.141 e. The first kappa shape index (κ1) is 18.0. The molecule has 0 bridgehead atoms. The van der Waals surface area contributed by atoms with Gasteiger partial charge in [0.15, 0.2) is 0 Å². The number of halogens is 1. The average Bonchev–Trinajstić information content (AvgIpc) is 2.64. The van der Waals surface area contributed by atoms with E-state index in [0.29, 0.717) is 6.04 Å². The van der Waals surface area contributed by atoms with E-state index in [2.05, 4.69) is 46.2 Å². The molecule has 0 unspecified atom stereocenters. The Morgan fingerprint density at radius 1 is 1.08 bits per heavy atom. The highest BCUT2D eigenvalue weighted by atomic mass is 19.1. The van der Waals surface area contributed by atoms with E-state index in [1.54, 1.807) is 6.07 Å². The molecule has 1 aliphatic rings. The summed E-state index contributed by atoms with van der Waals surface area (Å²) in [5.41, 5.74) is 1.99. The minimum atomic E-state index is -0.304. The molecule has 1 fully saturated rings. The summed E-state index contributed by atoms with van der Waals surface area (Å²) in [5, 5.41) is 3.64. The summed E-state index contributed by atoms with van der Waals surface area (Å²) < 4.78 is 13.2. The van der Waals surface area contributed by atoms with Gasteiger partial charge in [0.2, 0.25) is 0 Å². The quantitative estimate of drug-likeness (QED) is 0.874. The lowest BCUT2D eigenvalue weighted by Crippen LogP contribution is -2.51. The van der Waals surface area contributed by atoms with Crippen LogP contribution in [0.25, 0.3) is 0 Å². The van der Waals surface area contributed by atoms with Crippen LogP contribution >= 0.6 is 0 Å². The van der Waals surface area contributed by atoms with E-state index in [9.17, 15) is 4.39 Å². The fourth-order valence-electron chi connectivity index (χ4n) is 3.28. The van der Waals surface area contributed by atoms with Gasteiger partial charge in [0.1, 0.15) is 5.82 Å². The number of likely N-dealkylation sites (N-methyl/N-ethyl adjacent to an activating group) is 1. The summed E-state index contributed by atoms with van der Waals surface area (Å²) >= 11 is 0.